The van der Waals surface area contributed by atoms with Crippen LogP contribution >= 0.6 is 27.3 Å². The van der Waals surface area contributed by atoms with Crippen LogP contribution in [0.15, 0.2) is 15.9 Å². The average Bonchev–Trinajstić information content (AvgIpc) is 2.63. The zero-order chi connectivity index (χ0) is 13.1. The molecule has 1 N–H and O–H groups in total. The summed E-state index contributed by atoms with van der Waals surface area (Å²) in [5.41, 5.74) is 0. The van der Waals surface area contributed by atoms with Gasteiger partial charge < -0.3 is 5.32 Å². The second kappa shape index (κ2) is 5.81. The van der Waals surface area contributed by atoms with Gasteiger partial charge in [0.2, 0.25) is 0 Å². The first-order chi connectivity index (χ1) is 7.84. The van der Waals surface area contributed by atoms with Crippen molar-refractivity contribution in [3.8, 4) is 0 Å². The Morgan fingerprint density at radius 2 is 2.12 bits per heavy atom. The highest BCUT2D eigenvalue weighted by Crippen LogP contribution is 2.23. The number of carbonyl (C=O) groups is 1. The Bertz CT molecular complexity index is 396. The smallest absolute Gasteiger partial charge is 0.350 e. The minimum Gasteiger partial charge on any atom is -0.350 e. The maximum absolute atomic E-state index is 12.5. The van der Waals surface area contributed by atoms with Gasteiger partial charge in [0.05, 0.1) is 3.79 Å². The summed E-state index contributed by atoms with van der Waals surface area (Å²) in [6.07, 6.45) is -3.67. The fourth-order valence-electron chi connectivity index (χ4n) is 1.00. The van der Waals surface area contributed by atoms with Gasteiger partial charge in [-0.1, -0.05) is 0 Å². The maximum Gasteiger partial charge on any atom is 0.383 e. The van der Waals surface area contributed by atoms with Crippen LogP contribution in [0, 0.1) is 0 Å². The van der Waals surface area contributed by atoms with E-state index in [4.69, 9.17) is 0 Å². The second-order valence-electron chi connectivity index (χ2n) is 3.14. The highest BCUT2D eigenvalue weighted by molar-refractivity contribution is 9.11. The van der Waals surface area contributed by atoms with Crippen LogP contribution in [0.25, 0.3) is 0 Å². The van der Waals surface area contributed by atoms with Gasteiger partial charge >= 0.3 is 12.3 Å². The Hall–Kier alpha value is -0.630. The Morgan fingerprint density at radius 1 is 1.47 bits per heavy atom. The van der Waals surface area contributed by atoms with E-state index in [1.165, 1.54) is 11.3 Å². The topological polar surface area (TPSA) is 29.1 Å². The maximum atomic E-state index is 12.5. The number of alkyl halides is 4. The van der Waals surface area contributed by atoms with Crippen LogP contribution in [0.5, 0.6) is 0 Å². The van der Waals surface area contributed by atoms with Gasteiger partial charge in [-0.25, -0.2) is 8.78 Å². The Labute approximate surface area is 107 Å². The van der Waals surface area contributed by atoms with E-state index in [2.05, 4.69) is 15.9 Å². The van der Waals surface area contributed by atoms with Crippen molar-refractivity contribution in [1.29, 1.82) is 0 Å². The lowest BCUT2D eigenvalue weighted by molar-refractivity contribution is -0.169. The van der Waals surface area contributed by atoms with Crippen molar-refractivity contribution < 1.29 is 22.4 Å². The first-order valence-electron chi connectivity index (χ1n) is 4.52. The van der Waals surface area contributed by atoms with Gasteiger partial charge in [0, 0.05) is 11.4 Å². The molecule has 1 aromatic heterocycles. The van der Waals surface area contributed by atoms with Crippen LogP contribution in [-0.2, 0) is 11.2 Å². The van der Waals surface area contributed by atoms with E-state index in [0.717, 1.165) is 8.66 Å². The minimum absolute atomic E-state index is 0.103. The molecule has 0 fully saturated rings. The fourth-order valence-corrected chi connectivity index (χ4v) is 2.48. The van der Waals surface area contributed by atoms with E-state index in [1.807, 2.05) is 0 Å². The van der Waals surface area contributed by atoms with Gasteiger partial charge in [0.25, 0.3) is 5.91 Å². The van der Waals surface area contributed by atoms with Crippen LogP contribution in [0.2, 0.25) is 0 Å². The molecular weight excluding hydrogens is 326 g/mol. The molecule has 0 atom stereocenters. The number of nitrogens with one attached hydrogen (secondary N) is 1. The zero-order valence-corrected chi connectivity index (χ0v) is 10.8. The molecule has 0 saturated heterocycles. The van der Waals surface area contributed by atoms with Crippen LogP contribution in [0.4, 0.5) is 17.6 Å². The molecule has 96 valence electrons. The van der Waals surface area contributed by atoms with Crippen molar-refractivity contribution in [3.63, 3.8) is 0 Å². The summed E-state index contributed by atoms with van der Waals surface area (Å²) in [6.45, 7) is -0.103. The van der Waals surface area contributed by atoms with E-state index in [-0.39, 0.29) is 6.54 Å². The summed E-state index contributed by atoms with van der Waals surface area (Å²) in [6, 6.07) is 3.53. The van der Waals surface area contributed by atoms with Gasteiger partial charge in [-0.05, 0) is 34.5 Å². The highest BCUT2D eigenvalue weighted by atomic mass is 79.9. The van der Waals surface area contributed by atoms with Crippen LogP contribution in [-0.4, -0.2) is 24.8 Å². The van der Waals surface area contributed by atoms with Crippen molar-refractivity contribution in [2.45, 2.75) is 18.8 Å². The molecule has 0 bridgehead atoms. The average molecular weight is 334 g/mol. The van der Waals surface area contributed by atoms with Crippen molar-refractivity contribution in [3.05, 3.63) is 20.8 Å². The van der Waals surface area contributed by atoms with E-state index in [1.54, 1.807) is 17.4 Å². The Morgan fingerprint density at radius 3 is 2.59 bits per heavy atom. The molecule has 0 aromatic carbocycles. The van der Waals surface area contributed by atoms with Gasteiger partial charge in [0.1, 0.15) is 0 Å². The van der Waals surface area contributed by atoms with Crippen LogP contribution in [0.1, 0.15) is 4.88 Å². The Kier molecular flexibility index (Phi) is 4.93. The van der Waals surface area contributed by atoms with Crippen molar-refractivity contribution in [1.82, 2.24) is 5.32 Å². The third kappa shape index (κ3) is 3.95. The predicted octanol–water partition coefficient (Wildman–Crippen LogP) is 3.07. The molecule has 0 spiro atoms. The zero-order valence-electron chi connectivity index (χ0n) is 8.35. The number of amides is 1. The molecule has 17 heavy (non-hydrogen) atoms. The minimum atomic E-state index is -4.63. The third-order valence-corrected chi connectivity index (χ3v) is 3.55. The molecule has 1 rings (SSSR count). The molecule has 2 nitrogen and oxygen atoms in total. The largest absolute Gasteiger partial charge is 0.383 e. The Balaban J connectivity index is 2.39. The molecular formula is C9H8BrF4NOS. The summed E-state index contributed by atoms with van der Waals surface area (Å²) in [7, 11) is 0. The lowest BCUT2D eigenvalue weighted by Gasteiger charge is -2.14. The first-order valence-corrected chi connectivity index (χ1v) is 6.13. The molecule has 1 aromatic rings. The predicted molar refractivity (Wildman–Crippen MR) is 59.7 cm³/mol. The monoisotopic (exact) mass is 333 g/mol. The molecule has 8 heteroatoms. The number of rotatable bonds is 5. The van der Waals surface area contributed by atoms with Crippen LogP contribution in [0.3, 0.4) is 0 Å². The van der Waals surface area contributed by atoms with Gasteiger partial charge in [-0.2, -0.15) is 8.78 Å². The standard InChI is InChI=1S/C9H8BrF4NOS/c10-6-2-1-5(17-6)3-4-15-8(16)9(13,14)7(11)12/h1-2,7H,3-4H2,(H,15,16). The fraction of sp³-hybridized carbons (Fsp3) is 0.444. The molecule has 0 aliphatic rings. The summed E-state index contributed by atoms with van der Waals surface area (Å²) in [4.78, 5) is 11.6. The lowest BCUT2D eigenvalue weighted by atomic mass is 10.3. The van der Waals surface area contributed by atoms with Crippen LogP contribution < -0.4 is 5.32 Å². The van der Waals surface area contributed by atoms with Crippen molar-refractivity contribution in [2.24, 2.45) is 0 Å². The molecule has 0 saturated carbocycles. The quantitative estimate of drug-likeness (QED) is 0.824. The number of halogens is 5. The van der Waals surface area contributed by atoms with Crippen molar-refractivity contribution in [2.75, 3.05) is 6.54 Å². The normalized spacial score (nSPS) is 11.9. The SMILES string of the molecule is O=C(NCCc1ccc(Br)s1)C(F)(F)C(F)F. The number of hydrogen-bond acceptors (Lipinski definition) is 2. The van der Waals surface area contributed by atoms with E-state index >= 15 is 0 Å². The van der Waals surface area contributed by atoms with Gasteiger partial charge in [0.15, 0.2) is 0 Å². The summed E-state index contributed by atoms with van der Waals surface area (Å²) in [5.74, 6) is -6.57. The molecule has 0 aliphatic heterocycles. The van der Waals surface area contributed by atoms with E-state index < -0.39 is 18.3 Å². The third-order valence-electron chi connectivity index (χ3n) is 1.86. The molecule has 0 aliphatic carbocycles. The number of thiophene rings is 1. The summed E-state index contributed by atoms with van der Waals surface area (Å²) < 4.78 is 49.5. The molecule has 1 amide bonds. The van der Waals surface area contributed by atoms with Gasteiger partial charge in [-0.15, -0.1) is 11.3 Å². The summed E-state index contributed by atoms with van der Waals surface area (Å²) >= 11 is 4.60. The molecule has 1 heterocycles. The lowest BCUT2D eigenvalue weighted by Crippen LogP contribution is -2.45. The van der Waals surface area contributed by atoms with Crippen molar-refractivity contribution >= 4 is 33.2 Å². The van der Waals surface area contributed by atoms with E-state index in [9.17, 15) is 22.4 Å². The molecule has 0 unspecified atom stereocenters. The van der Waals surface area contributed by atoms with E-state index in [0.29, 0.717) is 6.42 Å². The number of hydrogen-bond donors (Lipinski definition) is 1. The van der Waals surface area contributed by atoms with Gasteiger partial charge in [-0.3, -0.25) is 4.79 Å². The highest BCUT2D eigenvalue weighted by Gasteiger charge is 2.48. The first kappa shape index (κ1) is 14.4. The molecule has 0 radical (unpaired) electrons. The number of carbonyl (C=O) groups excluding carboxylic acids is 1. The summed E-state index contributed by atoms with van der Waals surface area (Å²) in [5, 5.41) is 1.78. The second-order valence-corrected chi connectivity index (χ2v) is 5.68.